The largest absolute Gasteiger partial charge is 0.302 e. The number of halogens is 1. The van der Waals surface area contributed by atoms with Gasteiger partial charge in [0.05, 0.1) is 5.69 Å². The summed E-state index contributed by atoms with van der Waals surface area (Å²) in [7, 11) is 1.97. The van der Waals surface area contributed by atoms with E-state index in [0.717, 1.165) is 11.4 Å². The molecule has 0 aliphatic heterocycles. The standard InChI is InChI=1S/C15H20ClN3/c1-4-14(12-6-5-7-13(16)10-12)18-11(2)15-8-9-17-19(15)3/h5-11,14,18H,4H2,1-3H3. The van der Waals surface area contributed by atoms with Crippen LogP contribution in [0.25, 0.3) is 0 Å². The van der Waals surface area contributed by atoms with Gasteiger partial charge in [0.25, 0.3) is 0 Å². The number of aryl methyl sites for hydroxylation is 1. The summed E-state index contributed by atoms with van der Waals surface area (Å²) in [6.45, 7) is 4.33. The highest BCUT2D eigenvalue weighted by Crippen LogP contribution is 2.23. The molecule has 2 atom stereocenters. The van der Waals surface area contributed by atoms with Crippen LogP contribution in [0.3, 0.4) is 0 Å². The molecule has 0 aliphatic carbocycles. The van der Waals surface area contributed by atoms with Crippen LogP contribution in [0.4, 0.5) is 0 Å². The Morgan fingerprint density at radius 1 is 1.37 bits per heavy atom. The normalized spacial score (nSPS) is 14.3. The Balaban J connectivity index is 2.13. The zero-order valence-electron chi connectivity index (χ0n) is 11.6. The third-order valence-corrected chi connectivity index (χ3v) is 3.65. The third-order valence-electron chi connectivity index (χ3n) is 3.41. The summed E-state index contributed by atoms with van der Waals surface area (Å²) in [6, 6.07) is 10.6. The van der Waals surface area contributed by atoms with Gasteiger partial charge in [-0.3, -0.25) is 4.68 Å². The number of hydrogen-bond donors (Lipinski definition) is 1. The highest BCUT2D eigenvalue weighted by molar-refractivity contribution is 6.30. The Morgan fingerprint density at radius 3 is 2.74 bits per heavy atom. The van der Waals surface area contributed by atoms with E-state index in [1.165, 1.54) is 11.3 Å². The van der Waals surface area contributed by atoms with Crippen molar-refractivity contribution in [2.24, 2.45) is 7.05 Å². The van der Waals surface area contributed by atoms with Crippen LogP contribution >= 0.6 is 11.6 Å². The van der Waals surface area contributed by atoms with Gasteiger partial charge in [-0.25, -0.2) is 0 Å². The second kappa shape index (κ2) is 6.22. The molecule has 0 radical (unpaired) electrons. The van der Waals surface area contributed by atoms with Gasteiger partial charge in [-0.05, 0) is 37.1 Å². The second-order valence-corrected chi connectivity index (χ2v) is 5.22. The molecule has 3 nitrogen and oxygen atoms in total. The summed E-state index contributed by atoms with van der Waals surface area (Å²) in [5.74, 6) is 0. The van der Waals surface area contributed by atoms with Crippen molar-refractivity contribution in [3.05, 3.63) is 52.8 Å². The van der Waals surface area contributed by atoms with Crippen molar-refractivity contribution in [2.45, 2.75) is 32.4 Å². The number of rotatable bonds is 5. The van der Waals surface area contributed by atoms with E-state index in [4.69, 9.17) is 11.6 Å². The lowest BCUT2D eigenvalue weighted by molar-refractivity contribution is 0.438. The van der Waals surface area contributed by atoms with Crippen LogP contribution in [0.15, 0.2) is 36.5 Å². The minimum atomic E-state index is 0.247. The molecule has 1 heterocycles. The molecular weight excluding hydrogens is 258 g/mol. The van der Waals surface area contributed by atoms with Crippen molar-refractivity contribution < 1.29 is 0 Å². The maximum Gasteiger partial charge on any atom is 0.0547 e. The fourth-order valence-electron chi connectivity index (χ4n) is 2.37. The number of benzene rings is 1. The summed E-state index contributed by atoms with van der Waals surface area (Å²) >= 11 is 6.07. The van der Waals surface area contributed by atoms with Gasteiger partial charge in [0.1, 0.15) is 0 Å². The monoisotopic (exact) mass is 277 g/mol. The molecule has 1 aromatic carbocycles. The van der Waals surface area contributed by atoms with Crippen LogP contribution < -0.4 is 5.32 Å². The smallest absolute Gasteiger partial charge is 0.0547 e. The maximum absolute atomic E-state index is 6.07. The van der Waals surface area contributed by atoms with Crippen molar-refractivity contribution in [2.75, 3.05) is 0 Å². The molecule has 2 aromatic rings. The number of aromatic nitrogens is 2. The lowest BCUT2D eigenvalue weighted by Crippen LogP contribution is -2.25. The molecule has 2 rings (SSSR count). The summed E-state index contributed by atoms with van der Waals surface area (Å²) < 4.78 is 1.91. The summed E-state index contributed by atoms with van der Waals surface area (Å²) in [6.07, 6.45) is 2.84. The lowest BCUT2D eigenvalue weighted by Gasteiger charge is -2.23. The van der Waals surface area contributed by atoms with E-state index in [1.54, 1.807) is 0 Å². The first-order chi connectivity index (χ1) is 9.11. The Morgan fingerprint density at radius 2 is 2.16 bits per heavy atom. The number of nitrogens with one attached hydrogen (secondary N) is 1. The average molecular weight is 278 g/mol. The average Bonchev–Trinajstić information content (AvgIpc) is 2.82. The van der Waals surface area contributed by atoms with Gasteiger partial charge in [0.2, 0.25) is 0 Å². The summed E-state index contributed by atoms with van der Waals surface area (Å²) in [5.41, 5.74) is 2.41. The Bertz CT molecular complexity index is 536. The molecule has 4 heteroatoms. The highest BCUT2D eigenvalue weighted by atomic mass is 35.5. The van der Waals surface area contributed by atoms with Crippen molar-refractivity contribution in [3.63, 3.8) is 0 Å². The molecule has 0 bridgehead atoms. The minimum Gasteiger partial charge on any atom is -0.302 e. The molecule has 0 amide bonds. The fourth-order valence-corrected chi connectivity index (χ4v) is 2.57. The van der Waals surface area contributed by atoms with E-state index in [1.807, 2.05) is 42.2 Å². The molecule has 0 aliphatic rings. The van der Waals surface area contributed by atoms with Gasteiger partial charge in [0, 0.05) is 30.4 Å². The predicted octanol–water partition coefficient (Wildman–Crippen LogP) is 3.88. The third kappa shape index (κ3) is 3.37. The lowest BCUT2D eigenvalue weighted by atomic mass is 10.0. The molecule has 0 spiro atoms. The van der Waals surface area contributed by atoms with Crippen molar-refractivity contribution in [1.29, 1.82) is 0 Å². The molecule has 19 heavy (non-hydrogen) atoms. The highest BCUT2D eigenvalue weighted by Gasteiger charge is 2.15. The maximum atomic E-state index is 6.07. The van der Waals surface area contributed by atoms with Crippen molar-refractivity contribution >= 4 is 11.6 Å². The topological polar surface area (TPSA) is 29.9 Å². The molecule has 0 saturated heterocycles. The van der Waals surface area contributed by atoms with Crippen molar-refractivity contribution in [3.8, 4) is 0 Å². The summed E-state index contributed by atoms with van der Waals surface area (Å²) in [5, 5.41) is 8.63. The number of hydrogen-bond acceptors (Lipinski definition) is 2. The quantitative estimate of drug-likeness (QED) is 0.899. The molecule has 102 valence electrons. The van der Waals surface area contributed by atoms with E-state index < -0.39 is 0 Å². The van der Waals surface area contributed by atoms with Gasteiger partial charge >= 0.3 is 0 Å². The van der Waals surface area contributed by atoms with E-state index in [0.29, 0.717) is 6.04 Å². The van der Waals surface area contributed by atoms with Gasteiger partial charge in [-0.15, -0.1) is 0 Å². The van der Waals surface area contributed by atoms with Gasteiger partial charge in [-0.1, -0.05) is 30.7 Å². The van der Waals surface area contributed by atoms with Crippen LogP contribution in [0, 0.1) is 0 Å². The molecule has 1 aromatic heterocycles. The van der Waals surface area contributed by atoms with Crippen molar-refractivity contribution in [1.82, 2.24) is 15.1 Å². The van der Waals surface area contributed by atoms with Crippen LogP contribution in [0.1, 0.15) is 43.6 Å². The second-order valence-electron chi connectivity index (χ2n) is 4.78. The van der Waals surface area contributed by atoms with E-state index >= 15 is 0 Å². The Hall–Kier alpha value is -1.32. The molecule has 0 fully saturated rings. The molecular formula is C15H20ClN3. The van der Waals surface area contributed by atoms with Crippen LogP contribution in [0.2, 0.25) is 5.02 Å². The Labute approximate surface area is 119 Å². The van der Waals surface area contributed by atoms with Crippen LogP contribution in [-0.2, 0) is 7.05 Å². The van der Waals surface area contributed by atoms with E-state index in [9.17, 15) is 0 Å². The van der Waals surface area contributed by atoms with Crippen LogP contribution in [-0.4, -0.2) is 9.78 Å². The minimum absolute atomic E-state index is 0.247. The first-order valence-corrected chi connectivity index (χ1v) is 6.99. The van der Waals surface area contributed by atoms with Gasteiger partial charge in [0.15, 0.2) is 0 Å². The SMILES string of the molecule is CCC(NC(C)c1ccnn1C)c1cccc(Cl)c1. The van der Waals surface area contributed by atoms with Gasteiger partial charge < -0.3 is 5.32 Å². The summed E-state index contributed by atoms with van der Waals surface area (Å²) in [4.78, 5) is 0. The number of nitrogens with zero attached hydrogens (tertiary/aromatic N) is 2. The fraction of sp³-hybridized carbons (Fsp3) is 0.400. The zero-order chi connectivity index (χ0) is 13.8. The molecule has 2 unspecified atom stereocenters. The Kier molecular flexibility index (Phi) is 4.61. The van der Waals surface area contributed by atoms with E-state index in [2.05, 4.69) is 30.3 Å². The van der Waals surface area contributed by atoms with Gasteiger partial charge in [-0.2, -0.15) is 5.10 Å². The molecule has 1 N–H and O–H groups in total. The predicted molar refractivity (Wildman–Crippen MR) is 79.2 cm³/mol. The zero-order valence-corrected chi connectivity index (χ0v) is 12.4. The first-order valence-electron chi connectivity index (χ1n) is 6.61. The van der Waals surface area contributed by atoms with E-state index in [-0.39, 0.29) is 6.04 Å². The molecule has 0 saturated carbocycles. The van der Waals surface area contributed by atoms with Crippen LogP contribution in [0.5, 0.6) is 0 Å². The first kappa shape index (κ1) is 14.1.